The Morgan fingerprint density at radius 2 is 0.752 bits per heavy atom. The molecule has 11 N–H and O–H groups in total. The third-order valence-electron chi connectivity index (χ3n) is 19.9. The van der Waals surface area contributed by atoms with Gasteiger partial charge in [0.25, 0.3) is 0 Å². The van der Waals surface area contributed by atoms with E-state index in [9.17, 15) is 74.9 Å². The Morgan fingerprint density at radius 3 is 1.18 bits per heavy atom. The van der Waals surface area contributed by atoms with Crippen LogP contribution in [0, 0.1) is 5.92 Å². The lowest BCUT2D eigenvalue weighted by Gasteiger charge is -2.49. The number of esters is 3. The molecule has 1 aliphatic carbocycles. The first-order valence-electron chi connectivity index (χ1n) is 39.9. The predicted octanol–water partition coefficient (Wildman–Crippen LogP) is 11.8. The maximum absolute atomic E-state index is 14.4. The van der Waals surface area contributed by atoms with E-state index in [1.807, 2.05) is 0 Å². The van der Waals surface area contributed by atoms with Crippen molar-refractivity contribution in [2.75, 3.05) is 26.4 Å². The zero-order valence-electron chi connectivity index (χ0n) is 62.4. The van der Waals surface area contributed by atoms with Gasteiger partial charge in [0.15, 0.2) is 18.7 Å². The first-order valence-corrected chi connectivity index (χ1v) is 41.4. The van der Waals surface area contributed by atoms with E-state index < -0.39 is 156 Å². The molecule has 3 rings (SSSR count). The number of aliphatic hydroxyl groups excluding tert-OH is 10. The fraction of sp³-hybridized carbons (Fsp3) is 0.934. The largest absolute Gasteiger partial charge is 0.472 e. The highest BCUT2D eigenvalue weighted by Gasteiger charge is 2.58. The molecule has 0 spiro atoms. The summed E-state index contributed by atoms with van der Waals surface area (Å²) >= 11 is 0. The Hall–Kier alpha value is -2.30. The van der Waals surface area contributed by atoms with Crippen molar-refractivity contribution in [3.63, 3.8) is 0 Å². The summed E-state index contributed by atoms with van der Waals surface area (Å²) in [6.45, 7) is 5.77. The van der Waals surface area contributed by atoms with E-state index in [-0.39, 0.29) is 19.3 Å². The van der Waals surface area contributed by atoms with Gasteiger partial charge in [0.05, 0.1) is 13.2 Å². The normalized spacial score (nSPS) is 27.5. The second-order valence-electron chi connectivity index (χ2n) is 29.1. The first-order chi connectivity index (χ1) is 48.7. The van der Waals surface area contributed by atoms with E-state index in [1.165, 1.54) is 154 Å². The number of phosphoric ester groups is 1. The molecule has 0 radical (unpaired) electrons. The molecule has 0 bridgehead atoms. The van der Waals surface area contributed by atoms with Crippen LogP contribution < -0.4 is 0 Å². The molecule has 19 atom stereocenters. The number of hydrogen-bond acceptors (Lipinski definition) is 23. The molecular formula is C76H141O24P. The fourth-order valence-electron chi connectivity index (χ4n) is 13.4. The van der Waals surface area contributed by atoms with Crippen molar-refractivity contribution >= 4 is 25.7 Å². The topological polar surface area (TPSA) is 374 Å². The zero-order chi connectivity index (χ0) is 74.1. The minimum Gasteiger partial charge on any atom is -0.463 e. The van der Waals surface area contributed by atoms with E-state index in [2.05, 4.69) is 39.8 Å². The first kappa shape index (κ1) is 92.9. The highest BCUT2D eigenvalue weighted by Crippen LogP contribution is 2.49. The van der Waals surface area contributed by atoms with Gasteiger partial charge in [-0.3, -0.25) is 23.4 Å². The van der Waals surface area contributed by atoms with Gasteiger partial charge in [0, 0.05) is 19.3 Å². The molecule has 0 aromatic heterocycles. The molecule has 1 saturated carbocycles. The average molecular weight is 1470 g/mol. The van der Waals surface area contributed by atoms with Gasteiger partial charge in [-0.1, -0.05) is 265 Å². The maximum atomic E-state index is 14.4. The second kappa shape index (κ2) is 56.9. The highest BCUT2D eigenvalue weighted by molar-refractivity contribution is 7.47. The van der Waals surface area contributed by atoms with Gasteiger partial charge in [0.1, 0.15) is 98.7 Å². The maximum Gasteiger partial charge on any atom is 0.472 e. The Bertz CT molecular complexity index is 2150. The van der Waals surface area contributed by atoms with Crippen LogP contribution in [0.3, 0.4) is 0 Å². The molecule has 19 unspecified atom stereocenters. The number of aliphatic hydroxyl groups is 10. The fourth-order valence-corrected chi connectivity index (χ4v) is 14.3. The molecule has 2 aliphatic heterocycles. The van der Waals surface area contributed by atoms with Crippen molar-refractivity contribution in [1.82, 2.24) is 0 Å². The van der Waals surface area contributed by atoms with Crippen molar-refractivity contribution < 1.29 is 117 Å². The summed E-state index contributed by atoms with van der Waals surface area (Å²) in [5, 5.41) is 110. The minimum atomic E-state index is -5.70. The van der Waals surface area contributed by atoms with Crippen molar-refractivity contribution in [2.24, 2.45) is 5.92 Å². The Kier molecular flexibility index (Phi) is 52.4. The number of phosphoric acid groups is 1. The van der Waals surface area contributed by atoms with Gasteiger partial charge in [-0.2, -0.15) is 0 Å². The lowest BCUT2D eigenvalue weighted by molar-refractivity contribution is -0.360. The third-order valence-corrected chi connectivity index (χ3v) is 20.9. The van der Waals surface area contributed by atoms with Crippen LogP contribution in [0.1, 0.15) is 317 Å². The Morgan fingerprint density at radius 1 is 0.406 bits per heavy atom. The summed E-state index contributed by atoms with van der Waals surface area (Å²) in [5.74, 6) is -1.32. The van der Waals surface area contributed by atoms with Crippen LogP contribution in [0.2, 0.25) is 0 Å². The average Bonchev–Trinajstić information content (AvgIpc) is 0.760. The zero-order valence-corrected chi connectivity index (χ0v) is 63.3. The number of hydrogen-bond donors (Lipinski definition) is 11. The van der Waals surface area contributed by atoms with Gasteiger partial charge in [0.2, 0.25) is 0 Å². The van der Waals surface area contributed by atoms with E-state index in [0.717, 1.165) is 96.3 Å². The van der Waals surface area contributed by atoms with Crippen molar-refractivity contribution in [2.45, 2.75) is 421 Å². The van der Waals surface area contributed by atoms with E-state index in [4.69, 9.17) is 42.2 Å². The van der Waals surface area contributed by atoms with Crippen molar-refractivity contribution in [3.8, 4) is 0 Å². The predicted molar refractivity (Wildman–Crippen MR) is 384 cm³/mol. The van der Waals surface area contributed by atoms with Crippen LogP contribution in [0.4, 0.5) is 0 Å². The summed E-state index contributed by atoms with van der Waals surface area (Å²) in [5.41, 5.74) is 0. The summed E-state index contributed by atoms with van der Waals surface area (Å²) in [7, 11) is -5.70. The number of carbonyl (C=O) groups excluding carboxylic acids is 3. The molecule has 3 aliphatic rings. The molecule has 2 saturated heterocycles. The summed E-state index contributed by atoms with van der Waals surface area (Å²) in [6, 6.07) is 0. The molecule has 0 aromatic rings. The SMILES string of the molecule is CCCCCCCC/C=C\CCCCCC(=O)OCC(COP(=O)(O)OC1C(OC2OC(CO)C(O)C(O)C2O)C(O)C(O)C(O)C1OC1OC(COC(=O)CCCCCCCCCCCCCCCCCCC)C(O)C(O)C1O)OC(=O)CCCCCCCCC(C)CCCCCCCC. The lowest BCUT2D eigenvalue weighted by Crippen LogP contribution is -2.69. The number of ether oxygens (including phenoxy) is 7. The van der Waals surface area contributed by atoms with E-state index >= 15 is 0 Å². The molecule has 0 aromatic carbocycles. The van der Waals surface area contributed by atoms with Crippen LogP contribution in [-0.2, 0) is 61.2 Å². The number of carbonyl (C=O) groups is 3. The third kappa shape index (κ3) is 39.9. The Balaban J connectivity index is 1.71. The summed E-state index contributed by atoms with van der Waals surface area (Å²) < 4.78 is 65.2. The molecule has 594 valence electrons. The van der Waals surface area contributed by atoms with E-state index in [0.29, 0.717) is 25.2 Å². The quantitative estimate of drug-likeness (QED) is 0.00886. The standard InChI is InChI=1S/C76H141O24P/c1-5-8-11-14-17-19-21-23-24-25-26-28-30-32-34-40-45-50-61(79)93-55-59-64(82)66(84)71(89)76(97-59)99-73-69(87)67(85)68(86)72(98-75-70(88)65(83)63(81)58(52-77)96-75)74(73)100-101(90,91)94-54-57(53-92-60(78)49-44-39-33-31-29-27-22-20-18-15-12-9-6-2)95-62(80)51-46-41-36-35-38-43-48-56(4)47-42-37-16-13-10-7-3/h27,29,56-59,63-77,81-89H,5-26,28,30-55H2,1-4H3,(H,90,91)/b29-27-. The van der Waals surface area contributed by atoms with Crippen LogP contribution in [0.5, 0.6) is 0 Å². The Labute approximate surface area is 605 Å². The number of allylic oxidation sites excluding steroid dienone is 2. The molecule has 2 heterocycles. The molecular weight excluding hydrogens is 1330 g/mol. The molecule has 101 heavy (non-hydrogen) atoms. The van der Waals surface area contributed by atoms with Crippen molar-refractivity contribution in [3.05, 3.63) is 12.2 Å². The molecule has 0 amide bonds. The summed E-state index contributed by atoms with van der Waals surface area (Å²) in [6.07, 6.45) is 15.5. The van der Waals surface area contributed by atoms with Gasteiger partial charge in [-0.15, -0.1) is 0 Å². The van der Waals surface area contributed by atoms with Crippen LogP contribution >= 0.6 is 7.82 Å². The van der Waals surface area contributed by atoms with Gasteiger partial charge in [-0.25, -0.2) is 4.57 Å². The number of rotatable bonds is 62. The van der Waals surface area contributed by atoms with Crippen LogP contribution in [0.15, 0.2) is 12.2 Å². The highest BCUT2D eigenvalue weighted by atomic mass is 31.2. The number of unbranched alkanes of at least 4 members (excludes halogenated alkanes) is 35. The van der Waals surface area contributed by atoms with Gasteiger partial charge in [-0.05, 0) is 50.9 Å². The van der Waals surface area contributed by atoms with Crippen LogP contribution in [0.25, 0.3) is 0 Å². The molecule has 24 nitrogen and oxygen atoms in total. The van der Waals surface area contributed by atoms with E-state index in [1.54, 1.807) is 0 Å². The summed E-state index contributed by atoms with van der Waals surface area (Å²) in [4.78, 5) is 51.1. The van der Waals surface area contributed by atoms with Crippen LogP contribution in [-0.4, -0.2) is 204 Å². The van der Waals surface area contributed by atoms with Crippen molar-refractivity contribution in [1.29, 1.82) is 0 Å². The molecule has 25 heteroatoms. The minimum absolute atomic E-state index is 0.0268. The lowest BCUT2D eigenvalue weighted by atomic mass is 9.84. The monoisotopic (exact) mass is 1470 g/mol. The van der Waals surface area contributed by atoms with Gasteiger partial charge >= 0.3 is 25.7 Å². The van der Waals surface area contributed by atoms with Gasteiger partial charge < -0.3 is 89.1 Å². The second-order valence-corrected chi connectivity index (χ2v) is 30.5. The molecule has 3 fully saturated rings. The smallest absolute Gasteiger partial charge is 0.463 e.